The van der Waals surface area contributed by atoms with Crippen molar-refractivity contribution in [2.45, 2.75) is 51.4 Å². The van der Waals surface area contributed by atoms with Gasteiger partial charge in [-0.15, -0.1) is 0 Å². The number of carboxylic acid groups (broad SMARTS) is 2. The second-order valence-corrected chi connectivity index (χ2v) is 7.99. The molecule has 2 fully saturated rings. The summed E-state index contributed by atoms with van der Waals surface area (Å²) in [5.41, 5.74) is -0.0985. The first kappa shape index (κ1) is 24.1. The summed E-state index contributed by atoms with van der Waals surface area (Å²) in [5, 5.41) is 14.8. The summed E-state index contributed by atoms with van der Waals surface area (Å²) >= 11 is 0. The Morgan fingerprint density at radius 1 is 0.967 bits per heavy atom. The van der Waals surface area contributed by atoms with Crippen molar-refractivity contribution in [3.05, 3.63) is 35.4 Å². The molecule has 0 atom stereocenters. The summed E-state index contributed by atoms with van der Waals surface area (Å²) in [4.78, 5) is 22.9. The first-order chi connectivity index (χ1) is 14.1. The summed E-state index contributed by atoms with van der Waals surface area (Å²) in [6.07, 6.45) is 0.904. The van der Waals surface area contributed by atoms with Crippen LogP contribution in [0, 0.1) is 5.92 Å². The molecule has 6 nitrogen and oxygen atoms in total. The average Bonchev–Trinajstić information content (AvgIpc) is 2.69. The van der Waals surface area contributed by atoms with E-state index in [1.165, 1.54) is 37.8 Å². The molecule has 30 heavy (non-hydrogen) atoms. The predicted octanol–water partition coefficient (Wildman–Crippen LogP) is 3.56. The van der Waals surface area contributed by atoms with Gasteiger partial charge in [-0.1, -0.05) is 25.1 Å². The van der Waals surface area contributed by atoms with E-state index in [2.05, 4.69) is 16.7 Å². The summed E-state index contributed by atoms with van der Waals surface area (Å²) in [6, 6.07) is 6.65. The van der Waals surface area contributed by atoms with Crippen LogP contribution in [-0.2, 0) is 22.3 Å². The van der Waals surface area contributed by atoms with Gasteiger partial charge in [-0.2, -0.15) is 13.2 Å². The normalized spacial score (nSPS) is 23.3. The number of carbonyl (C=O) groups is 2. The van der Waals surface area contributed by atoms with Crippen LogP contribution in [0.2, 0.25) is 0 Å². The zero-order valence-electron chi connectivity index (χ0n) is 17.1. The lowest BCUT2D eigenvalue weighted by Gasteiger charge is -2.41. The van der Waals surface area contributed by atoms with E-state index >= 15 is 0 Å². The number of benzene rings is 1. The maximum Gasteiger partial charge on any atom is 0.416 e. The van der Waals surface area contributed by atoms with Crippen LogP contribution in [0.5, 0.6) is 0 Å². The smallest absolute Gasteiger partial charge is 0.416 e. The molecule has 2 aliphatic rings. The van der Waals surface area contributed by atoms with Gasteiger partial charge in [0.25, 0.3) is 0 Å². The van der Waals surface area contributed by atoms with Crippen LogP contribution in [0.4, 0.5) is 13.2 Å². The molecule has 0 amide bonds. The Balaban J connectivity index is 0.000000469. The third-order valence-electron chi connectivity index (χ3n) is 5.81. The Bertz CT molecular complexity index is 698. The van der Waals surface area contributed by atoms with Gasteiger partial charge in [0.1, 0.15) is 0 Å². The third-order valence-corrected chi connectivity index (χ3v) is 5.81. The summed E-state index contributed by atoms with van der Waals surface area (Å²) in [5.74, 6) is -2.80. The van der Waals surface area contributed by atoms with E-state index in [0.717, 1.165) is 32.1 Å². The highest BCUT2D eigenvalue weighted by atomic mass is 19.4. The lowest BCUT2D eigenvalue weighted by Crippen LogP contribution is -2.50. The van der Waals surface area contributed by atoms with Crippen LogP contribution in [0.25, 0.3) is 0 Å². The highest BCUT2D eigenvalue weighted by Crippen LogP contribution is 2.33. The SMILES string of the molecule is CC1CCC(N2CCN(Cc3ccccc3C(F)(F)F)CC2)CC1.O=C(O)C(=O)O. The number of alkyl halides is 3. The molecule has 0 aromatic heterocycles. The molecule has 9 heteroatoms. The van der Waals surface area contributed by atoms with E-state index in [-0.39, 0.29) is 0 Å². The van der Waals surface area contributed by atoms with Gasteiger partial charge in [0.15, 0.2) is 0 Å². The number of rotatable bonds is 3. The molecule has 1 saturated heterocycles. The number of hydrogen-bond acceptors (Lipinski definition) is 4. The Kier molecular flexibility index (Phi) is 8.66. The van der Waals surface area contributed by atoms with Gasteiger partial charge < -0.3 is 10.2 Å². The molecular weight excluding hydrogens is 401 g/mol. The van der Waals surface area contributed by atoms with E-state index in [9.17, 15) is 13.2 Å². The Labute approximate surface area is 174 Å². The number of carboxylic acids is 2. The van der Waals surface area contributed by atoms with Crippen molar-refractivity contribution in [2.75, 3.05) is 26.2 Å². The molecule has 1 aromatic carbocycles. The summed E-state index contributed by atoms with van der Waals surface area (Å²) in [7, 11) is 0. The van der Waals surface area contributed by atoms with Gasteiger partial charge in [-0.25, -0.2) is 9.59 Å². The highest BCUT2D eigenvalue weighted by molar-refractivity contribution is 6.27. The van der Waals surface area contributed by atoms with Gasteiger partial charge in [-0.05, 0) is 43.2 Å². The van der Waals surface area contributed by atoms with Crippen molar-refractivity contribution in [3.63, 3.8) is 0 Å². The zero-order valence-corrected chi connectivity index (χ0v) is 17.1. The Hall–Kier alpha value is -2.13. The molecule has 1 aliphatic heterocycles. The first-order valence-corrected chi connectivity index (χ1v) is 10.2. The van der Waals surface area contributed by atoms with Gasteiger partial charge in [0.2, 0.25) is 0 Å². The number of halogens is 3. The molecule has 2 N–H and O–H groups in total. The van der Waals surface area contributed by atoms with Crippen LogP contribution in [0.1, 0.15) is 43.7 Å². The predicted molar refractivity (Wildman–Crippen MR) is 105 cm³/mol. The second kappa shape index (κ2) is 10.8. The molecular formula is C21H29F3N2O4. The molecule has 0 spiro atoms. The monoisotopic (exact) mass is 430 g/mol. The number of aliphatic carboxylic acids is 2. The fraction of sp³-hybridized carbons (Fsp3) is 0.619. The van der Waals surface area contributed by atoms with Crippen molar-refractivity contribution in [1.82, 2.24) is 9.80 Å². The molecule has 3 rings (SSSR count). The van der Waals surface area contributed by atoms with Crippen LogP contribution in [0.3, 0.4) is 0 Å². The molecule has 1 saturated carbocycles. The Morgan fingerprint density at radius 3 is 2.00 bits per heavy atom. The lowest BCUT2D eigenvalue weighted by atomic mass is 9.86. The van der Waals surface area contributed by atoms with Crippen molar-refractivity contribution in [2.24, 2.45) is 5.92 Å². The van der Waals surface area contributed by atoms with Crippen molar-refractivity contribution in [1.29, 1.82) is 0 Å². The van der Waals surface area contributed by atoms with Crippen molar-refractivity contribution < 1.29 is 33.0 Å². The summed E-state index contributed by atoms with van der Waals surface area (Å²) in [6.45, 7) is 6.40. The van der Waals surface area contributed by atoms with Crippen LogP contribution in [-0.4, -0.2) is 64.2 Å². The first-order valence-electron chi connectivity index (χ1n) is 10.2. The fourth-order valence-electron chi connectivity index (χ4n) is 4.07. The van der Waals surface area contributed by atoms with E-state index in [1.807, 2.05) is 0 Å². The minimum Gasteiger partial charge on any atom is -0.473 e. The zero-order chi connectivity index (χ0) is 22.3. The minimum atomic E-state index is -4.27. The van der Waals surface area contributed by atoms with Gasteiger partial charge in [-0.3, -0.25) is 9.80 Å². The fourth-order valence-corrected chi connectivity index (χ4v) is 4.07. The largest absolute Gasteiger partial charge is 0.473 e. The molecule has 1 heterocycles. The maximum atomic E-state index is 13.1. The summed E-state index contributed by atoms with van der Waals surface area (Å²) < 4.78 is 39.3. The standard InChI is InChI=1S/C19H27F3N2.C2H2O4/c1-15-6-8-17(9-7-15)24-12-10-23(11-13-24)14-16-4-2-3-5-18(16)19(20,21)22;3-1(4)2(5)6/h2-5,15,17H,6-14H2,1H3;(H,3,4)(H,5,6). The maximum absolute atomic E-state index is 13.1. The molecule has 0 bridgehead atoms. The molecule has 1 aromatic rings. The van der Waals surface area contributed by atoms with Gasteiger partial charge in [0, 0.05) is 38.8 Å². The molecule has 1 aliphatic carbocycles. The third kappa shape index (κ3) is 7.28. The van der Waals surface area contributed by atoms with Gasteiger partial charge in [0.05, 0.1) is 5.56 Å². The Morgan fingerprint density at radius 2 is 1.50 bits per heavy atom. The van der Waals surface area contributed by atoms with Crippen molar-refractivity contribution in [3.8, 4) is 0 Å². The van der Waals surface area contributed by atoms with E-state index < -0.39 is 23.7 Å². The molecule has 0 unspecified atom stereocenters. The highest BCUT2D eigenvalue weighted by Gasteiger charge is 2.34. The molecule has 0 radical (unpaired) electrons. The van der Waals surface area contributed by atoms with Crippen LogP contribution in [0.15, 0.2) is 24.3 Å². The quantitative estimate of drug-likeness (QED) is 0.714. The minimum absolute atomic E-state index is 0.393. The van der Waals surface area contributed by atoms with Crippen LogP contribution < -0.4 is 0 Å². The topological polar surface area (TPSA) is 81.1 Å². The van der Waals surface area contributed by atoms with Crippen LogP contribution >= 0.6 is 0 Å². The molecule has 168 valence electrons. The van der Waals surface area contributed by atoms with Crippen molar-refractivity contribution >= 4 is 11.9 Å². The van der Waals surface area contributed by atoms with E-state index in [4.69, 9.17) is 19.8 Å². The van der Waals surface area contributed by atoms with E-state index in [0.29, 0.717) is 18.2 Å². The lowest BCUT2D eigenvalue weighted by molar-refractivity contribution is -0.159. The number of hydrogen-bond donors (Lipinski definition) is 2. The number of piperazine rings is 1. The van der Waals surface area contributed by atoms with E-state index in [1.54, 1.807) is 12.1 Å². The average molecular weight is 430 g/mol. The second-order valence-electron chi connectivity index (χ2n) is 7.99. The number of nitrogens with zero attached hydrogens (tertiary/aromatic N) is 2. The van der Waals surface area contributed by atoms with Gasteiger partial charge >= 0.3 is 18.1 Å².